The topological polar surface area (TPSA) is 83.9 Å². The Morgan fingerprint density at radius 1 is 1.26 bits per heavy atom. The van der Waals surface area contributed by atoms with Crippen LogP contribution < -0.4 is 9.04 Å². The molecule has 0 fully saturated rings. The second-order valence-electron chi connectivity index (χ2n) is 3.73. The number of nitrogens with zero attached hydrogens (tertiary/aromatic N) is 1. The fourth-order valence-electron chi connectivity index (χ4n) is 1.50. The summed E-state index contributed by atoms with van der Waals surface area (Å²) >= 11 is 0. The zero-order valence-electron chi connectivity index (χ0n) is 10.9. The molecule has 0 spiro atoms. The van der Waals surface area contributed by atoms with Gasteiger partial charge in [0.25, 0.3) is 0 Å². The summed E-state index contributed by atoms with van der Waals surface area (Å²) in [6.07, 6.45) is 0. The highest BCUT2D eigenvalue weighted by Crippen LogP contribution is 2.22. The molecule has 106 valence electrons. The van der Waals surface area contributed by atoms with Crippen molar-refractivity contribution in [2.24, 2.45) is 0 Å². The molecule has 0 saturated carbocycles. The van der Waals surface area contributed by atoms with E-state index < -0.39 is 22.5 Å². The van der Waals surface area contributed by atoms with Crippen molar-refractivity contribution in [2.75, 3.05) is 23.2 Å². The van der Waals surface area contributed by atoms with Crippen LogP contribution in [0.3, 0.4) is 0 Å². The predicted molar refractivity (Wildman–Crippen MR) is 72.1 cm³/mol. The largest absolute Gasteiger partial charge is 0.494 e. The average Bonchev–Trinajstić information content (AvgIpc) is 2.37. The molecule has 0 aliphatic rings. The van der Waals surface area contributed by atoms with Gasteiger partial charge < -0.3 is 9.84 Å². The van der Waals surface area contributed by atoms with Crippen molar-refractivity contribution >= 4 is 21.7 Å². The highest BCUT2D eigenvalue weighted by molar-refractivity contribution is 7.92. The van der Waals surface area contributed by atoms with E-state index in [0.29, 0.717) is 18.0 Å². The second kappa shape index (κ2) is 6.42. The summed E-state index contributed by atoms with van der Waals surface area (Å²) in [4.78, 5) is 10.8. The molecule has 19 heavy (non-hydrogen) atoms. The third-order valence-corrected chi connectivity index (χ3v) is 4.16. The number of anilines is 1. The predicted octanol–water partition coefficient (Wildman–Crippen LogP) is 1.33. The van der Waals surface area contributed by atoms with Crippen LogP contribution in [-0.2, 0) is 14.8 Å². The van der Waals surface area contributed by atoms with Gasteiger partial charge in [-0.25, -0.2) is 8.42 Å². The van der Waals surface area contributed by atoms with E-state index in [1.54, 1.807) is 12.1 Å². The number of carboxylic acids is 1. The van der Waals surface area contributed by atoms with Crippen molar-refractivity contribution in [3.63, 3.8) is 0 Å². The van der Waals surface area contributed by atoms with Crippen molar-refractivity contribution in [3.05, 3.63) is 24.3 Å². The SMILES string of the molecule is CCOc1ccc(N(CC(=O)O)S(=O)(=O)CC)cc1. The number of carbonyl (C=O) groups is 1. The molecule has 6 nitrogen and oxygen atoms in total. The molecule has 0 aliphatic carbocycles. The monoisotopic (exact) mass is 287 g/mol. The second-order valence-corrected chi connectivity index (χ2v) is 5.91. The lowest BCUT2D eigenvalue weighted by atomic mass is 10.3. The fraction of sp³-hybridized carbons (Fsp3) is 0.417. The van der Waals surface area contributed by atoms with Gasteiger partial charge in [0, 0.05) is 0 Å². The van der Waals surface area contributed by atoms with Gasteiger partial charge in [-0.1, -0.05) is 0 Å². The molecule has 0 bridgehead atoms. The third kappa shape index (κ3) is 4.13. The number of benzene rings is 1. The van der Waals surface area contributed by atoms with Crippen molar-refractivity contribution in [3.8, 4) is 5.75 Å². The number of carboxylic acid groups (broad SMARTS) is 1. The smallest absolute Gasteiger partial charge is 0.324 e. The highest BCUT2D eigenvalue weighted by Gasteiger charge is 2.23. The highest BCUT2D eigenvalue weighted by atomic mass is 32.2. The standard InChI is InChI=1S/C12H17NO5S/c1-3-18-11-7-5-10(6-8-11)13(9-12(14)15)19(16,17)4-2/h5-8H,3-4,9H2,1-2H3,(H,14,15). The Kier molecular flexibility index (Phi) is 5.17. The van der Waals surface area contributed by atoms with E-state index in [9.17, 15) is 13.2 Å². The van der Waals surface area contributed by atoms with E-state index in [1.165, 1.54) is 19.1 Å². The molecule has 1 rings (SSSR count). The van der Waals surface area contributed by atoms with Crippen molar-refractivity contribution in [1.29, 1.82) is 0 Å². The Labute approximate surface area is 112 Å². The molecule has 0 aromatic heterocycles. The summed E-state index contributed by atoms with van der Waals surface area (Å²) in [6.45, 7) is 3.22. The minimum absolute atomic E-state index is 0.159. The Hall–Kier alpha value is -1.76. The maximum Gasteiger partial charge on any atom is 0.324 e. The van der Waals surface area contributed by atoms with Gasteiger partial charge in [-0.2, -0.15) is 0 Å². The molecule has 0 atom stereocenters. The molecule has 7 heteroatoms. The van der Waals surface area contributed by atoms with Gasteiger partial charge in [0.2, 0.25) is 10.0 Å². The molecule has 1 aromatic rings. The molecule has 1 aromatic carbocycles. The molecule has 1 N–H and O–H groups in total. The van der Waals surface area contributed by atoms with E-state index in [0.717, 1.165) is 4.31 Å². The lowest BCUT2D eigenvalue weighted by Crippen LogP contribution is -2.36. The van der Waals surface area contributed by atoms with Gasteiger partial charge in [0.1, 0.15) is 12.3 Å². The summed E-state index contributed by atoms with van der Waals surface area (Å²) in [6, 6.07) is 6.28. The van der Waals surface area contributed by atoms with E-state index in [1.807, 2.05) is 6.92 Å². The number of sulfonamides is 1. The fourth-order valence-corrected chi connectivity index (χ4v) is 2.57. The van der Waals surface area contributed by atoms with Crippen LogP contribution in [0.15, 0.2) is 24.3 Å². The van der Waals surface area contributed by atoms with Crippen LogP contribution in [0, 0.1) is 0 Å². The molecule has 0 radical (unpaired) electrons. The maximum absolute atomic E-state index is 11.9. The van der Waals surface area contributed by atoms with E-state index in [4.69, 9.17) is 9.84 Å². The Morgan fingerprint density at radius 3 is 2.26 bits per heavy atom. The molecular formula is C12H17NO5S. The van der Waals surface area contributed by atoms with Gasteiger partial charge in [-0.05, 0) is 38.1 Å². The Bertz CT molecular complexity index is 524. The Morgan fingerprint density at radius 2 is 1.84 bits per heavy atom. The lowest BCUT2D eigenvalue weighted by molar-refractivity contribution is -0.135. The summed E-state index contributed by atoms with van der Waals surface area (Å²) < 4.78 is 29.9. The van der Waals surface area contributed by atoms with Crippen LogP contribution in [0.5, 0.6) is 5.75 Å². The summed E-state index contributed by atoms with van der Waals surface area (Å²) in [7, 11) is -3.62. The van der Waals surface area contributed by atoms with Crippen LogP contribution in [0.2, 0.25) is 0 Å². The number of hydrogen-bond acceptors (Lipinski definition) is 4. The molecule has 0 unspecified atom stereocenters. The summed E-state index contributed by atoms with van der Waals surface area (Å²) in [5.41, 5.74) is 0.313. The van der Waals surface area contributed by atoms with Crippen molar-refractivity contribution < 1.29 is 23.1 Å². The van der Waals surface area contributed by atoms with Gasteiger partial charge in [-0.3, -0.25) is 9.10 Å². The normalized spacial score (nSPS) is 11.1. The summed E-state index contributed by atoms with van der Waals surface area (Å²) in [5, 5.41) is 8.81. The van der Waals surface area contributed by atoms with Crippen LogP contribution >= 0.6 is 0 Å². The quantitative estimate of drug-likeness (QED) is 0.817. The first-order chi connectivity index (χ1) is 8.90. The first-order valence-corrected chi connectivity index (χ1v) is 7.46. The molecule has 0 aliphatic heterocycles. The van der Waals surface area contributed by atoms with E-state index >= 15 is 0 Å². The minimum Gasteiger partial charge on any atom is -0.494 e. The number of hydrogen-bond donors (Lipinski definition) is 1. The maximum atomic E-state index is 11.9. The van der Waals surface area contributed by atoms with Gasteiger partial charge >= 0.3 is 5.97 Å². The summed E-state index contributed by atoms with van der Waals surface area (Å²) in [5.74, 6) is -0.755. The van der Waals surface area contributed by atoms with Crippen molar-refractivity contribution in [1.82, 2.24) is 0 Å². The van der Waals surface area contributed by atoms with Crippen LogP contribution in [0.1, 0.15) is 13.8 Å². The zero-order valence-corrected chi connectivity index (χ0v) is 11.7. The molecular weight excluding hydrogens is 270 g/mol. The van der Waals surface area contributed by atoms with Crippen molar-refractivity contribution in [2.45, 2.75) is 13.8 Å². The van der Waals surface area contributed by atoms with Gasteiger partial charge in [0.05, 0.1) is 18.0 Å². The third-order valence-electron chi connectivity index (χ3n) is 2.42. The minimum atomic E-state index is -3.62. The van der Waals surface area contributed by atoms with E-state index in [2.05, 4.69) is 0 Å². The van der Waals surface area contributed by atoms with Crippen LogP contribution in [0.25, 0.3) is 0 Å². The number of aliphatic carboxylic acids is 1. The first-order valence-electron chi connectivity index (χ1n) is 5.85. The first kappa shape index (κ1) is 15.3. The molecule has 0 heterocycles. The Balaban J connectivity index is 3.07. The van der Waals surface area contributed by atoms with Gasteiger partial charge in [0.15, 0.2) is 0 Å². The van der Waals surface area contributed by atoms with Gasteiger partial charge in [-0.15, -0.1) is 0 Å². The number of ether oxygens (including phenoxy) is 1. The van der Waals surface area contributed by atoms with Crippen LogP contribution in [0.4, 0.5) is 5.69 Å². The molecule has 0 saturated heterocycles. The number of rotatable bonds is 7. The lowest BCUT2D eigenvalue weighted by Gasteiger charge is -2.22. The zero-order chi connectivity index (χ0) is 14.5. The van der Waals surface area contributed by atoms with E-state index in [-0.39, 0.29) is 5.75 Å². The molecule has 0 amide bonds. The average molecular weight is 287 g/mol. The van der Waals surface area contributed by atoms with Crippen LogP contribution in [-0.4, -0.2) is 38.4 Å².